The third kappa shape index (κ3) is 2.77. The van der Waals surface area contributed by atoms with Gasteiger partial charge in [-0.2, -0.15) is 0 Å². The van der Waals surface area contributed by atoms with E-state index in [0.29, 0.717) is 13.0 Å². The quantitative estimate of drug-likeness (QED) is 0.883. The molecule has 0 bridgehead atoms. The number of rotatable bonds is 2. The Hall–Kier alpha value is -2.43. The van der Waals surface area contributed by atoms with E-state index in [1.54, 1.807) is 6.20 Å². The maximum Gasteiger partial charge on any atom is 0.226 e. The van der Waals surface area contributed by atoms with Gasteiger partial charge in [0.25, 0.3) is 0 Å². The minimum absolute atomic E-state index is 0. The number of carbonyl (C=O) groups excluding carboxylic acids is 1. The van der Waals surface area contributed by atoms with Crippen LogP contribution in [0.4, 0.5) is 16.1 Å². The van der Waals surface area contributed by atoms with Crippen molar-refractivity contribution in [2.75, 3.05) is 5.32 Å². The lowest BCUT2D eigenvalue weighted by atomic mass is 10.0. The molecule has 0 saturated heterocycles. The number of nitrogens with one attached hydrogen (secondary N) is 2. The van der Waals surface area contributed by atoms with Gasteiger partial charge in [-0.15, -0.1) is 0 Å². The summed E-state index contributed by atoms with van der Waals surface area (Å²) in [5, 5.41) is 6.25. The van der Waals surface area contributed by atoms with Crippen LogP contribution in [0.2, 0.25) is 0 Å². The van der Waals surface area contributed by atoms with Gasteiger partial charge < -0.3 is 10.6 Å². The molecule has 1 aromatic carbocycles. The smallest absolute Gasteiger partial charge is 0.226 e. The third-order valence-corrected chi connectivity index (χ3v) is 3.23. The zero-order valence-electron chi connectivity index (χ0n) is 11.1. The van der Waals surface area contributed by atoms with Crippen LogP contribution in [0.1, 0.15) is 16.8 Å². The fourth-order valence-corrected chi connectivity index (χ4v) is 2.28. The van der Waals surface area contributed by atoms with Crippen LogP contribution in [0.15, 0.2) is 36.5 Å². The highest BCUT2D eigenvalue weighted by atomic mass is 19.0. The Morgan fingerprint density at radius 3 is 2.95 bits per heavy atom. The molecule has 3 rings (SSSR count). The van der Waals surface area contributed by atoms with Crippen LogP contribution in [0.5, 0.6) is 0 Å². The van der Waals surface area contributed by atoms with Crippen LogP contribution in [0.25, 0.3) is 0 Å². The van der Waals surface area contributed by atoms with Gasteiger partial charge in [0.2, 0.25) is 5.91 Å². The Balaban J connectivity index is 0.00000147. The second kappa shape index (κ2) is 5.69. The van der Waals surface area contributed by atoms with Crippen molar-refractivity contribution in [1.29, 1.82) is 0 Å². The number of benzene rings is 1. The van der Waals surface area contributed by atoms with E-state index in [-0.39, 0.29) is 10.6 Å². The predicted octanol–water partition coefficient (Wildman–Crippen LogP) is 2.46. The highest BCUT2D eigenvalue weighted by Gasteiger charge is 2.18. The summed E-state index contributed by atoms with van der Waals surface area (Å²) in [4.78, 5) is 15.7. The van der Waals surface area contributed by atoms with Crippen LogP contribution in [0, 0.1) is 6.92 Å². The van der Waals surface area contributed by atoms with Crippen LogP contribution in [-0.2, 0) is 17.8 Å². The molecule has 20 heavy (non-hydrogen) atoms. The van der Waals surface area contributed by atoms with Gasteiger partial charge in [-0.1, -0.05) is 12.1 Å². The molecule has 0 fully saturated rings. The van der Waals surface area contributed by atoms with E-state index in [9.17, 15) is 4.79 Å². The van der Waals surface area contributed by atoms with Crippen molar-refractivity contribution in [3.8, 4) is 0 Å². The molecule has 0 saturated carbocycles. The van der Waals surface area contributed by atoms with E-state index >= 15 is 0 Å². The Labute approximate surface area is 116 Å². The lowest BCUT2D eigenvalue weighted by molar-refractivity contribution is -0.121. The monoisotopic (exact) mass is 273 g/mol. The number of pyridine rings is 1. The van der Waals surface area contributed by atoms with E-state index in [1.165, 1.54) is 5.56 Å². The first kappa shape index (κ1) is 14.0. The predicted molar refractivity (Wildman–Crippen MR) is 76.8 cm³/mol. The molecule has 2 N–H and O–H groups in total. The number of aryl methyl sites for hydroxylation is 1. The van der Waals surface area contributed by atoms with Gasteiger partial charge in [-0.05, 0) is 30.7 Å². The van der Waals surface area contributed by atoms with Gasteiger partial charge >= 0.3 is 0 Å². The lowest BCUT2D eigenvalue weighted by Gasteiger charge is -2.20. The van der Waals surface area contributed by atoms with Gasteiger partial charge in [0.1, 0.15) is 0 Å². The topological polar surface area (TPSA) is 54.0 Å². The molecule has 1 aliphatic rings. The molecular formula is C15H16FN3O. The molecule has 0 radical (unpaired) electrons. The maximum absolute atomic E-state index is 11.4. The molecule has 0 unspecified atom stereocenters. The summed E-state index contributed by atoms with van der Waals surface area (Å²) in [5.74, 6) is 0.0349. The van der Waals surface area contributed by atoms with Gasteiger partial charge in [0, 0.05) is 29.7 Å². The summed E-state index contributed by atoms with van der Waals surface area (Å²) in [6.45, 7) is 2.60. The lowest BCUT2D eigenvalue weighted by Crippen LogP contribution is -2.31. The van der Waals surface area contributed by atoms with E-state index in [2.05, 4.69) is 34.7 Å². The SMILES string of the molecule is Cc1cccc(Nc2ccnc3c2CNC(=O)C3)c1.F. The zero-order chi connectivity index (χ0) is 13.2. The number of anilines is 2. The molecule has 0 aliphatic carbocycles. The molecule has 104 valence electrons. The Morgan fingerprint density at radius 1 is 1.30 bits per heavy atom. The fraction of sp³-hybridized carbons (Fsp3) is 0.200. The molecule has 4 nitrogen and oxygen atoms in total. The Bertz CT molecular complexity index is 643. The summed E-state index contributed by atoms with van der Waals surface area (Å²) >= 11 is 0. The van der Waals surface area contributed by atoms with E-state index in [1.807, 2.05) is 18.2 Å². The highest BCUT2D eigenvalue weighted by Crippen LogP contribution is 2.25. The minimum Gasteiger partial charge on any atom is -0.355 e. The molecule has 1 aliphatic heterocycles. The molecule has 0 atom stereocenters. The van der Waals surface area contributed by atoms with Crippen molar-refractivity contribution >= 4 is 17.3 Å². The average molecular weight is 273 g/mol. The summed E-state index contributed by atoms with van der Waals surface area (Å²) in [6.07, 6.45) is 2.11. The Morgan fingerprint density at radius 2 is 2.15 bits per heavy atom. The van der Waals surface area contributed by atoms with Crippen molar-refractivity contribution in [2.45, 2.75) is 19.9 Å². The average Bonchev–Trinajstić information content (AvgIpc) is 2.38. The number of amides is 1. The van der Waals surface area contributed by atoms with E-state index in [4.69, 9.17) is 0 Å². The third-order valence-electron chi connectivity index (χ3n) is 3.23. The normalized spacial score (nSPS) is 12.9. The van der Waals surface area contributed by atoms with Crippen molar-refractivity contribution in [2.24, 2.45) is 0 Å². The van der Waals surface area contributed by atoms with Gasteiger partial charge in [0.05, 0.1) is 12.1 Å². The summed E-state index contributed by atoms with van der Waals surface area (Å²) < 4.78 is 0. The minimum atomic E-state index is 0. The number of hydrogen-bond acceptors (Lipinski definition) is 3. The van der Waals surface area contributed by atoms with E-state index in [0.717, 1.165) is 22.6 Å². The standard InChI is InChI=1S/C15H15N3O.FH/c1-10-3-2-4-11(7-10)18-13-5-6-16-14-8-15(19)17-9-12(13)14;/h2-7H,8-9H2,1H3,(H,16,18)(H,17,19);1H. The fourth-order valence-electron chi connectivity index (χ4n) is 2.28. The number of aromatic nitrogens is 1. The first-order chi connectivity index (χ1) is 9.22. The molecule has 5 heteroatoms. The number of hydrogen-bond donors (Lipinski definition) is 2. The summed E-state index contributed by atoms with van der Waals surface area (Å²) in [7, 11) is 0. The van der Waals surface area contributed by atoms with Crippen molar-refractivity contribution in [3.05, 3.63) is 53.3 Å². The van der Waals surface area contributed by atoms with Crippen LogP contribution in [-0.4, -0.2) is 10.9 Å². The zero-order valence-corrected chi connectivity index (χ0v) is 11.1. The number of halogens is 1. The molecule has 2 heterocycles. The summed E-state index contributed by atoms with van der Waals surface area (Å²) in [6, 6.07) is 10.1. The van der Waals surface area contributed by atoms with Crippen molar-refractivity contribution < 1.29 is 9.50 Å². The molecule has 0 spiro atoms. The molecular weight excluding hydrogens is 257 g/mol. The second-order valence-electron chi connectivity index (χ2n) is 4.73. The molecule has 2 aromatic rings. The molecule has 1 aromatic heterocycles. The van der Waals surface area contributed by atoms with Gasteiger partial charge in [0.15, 0.2) is 0 Å². The van der Waals surface area contributed by atoms with Gasteiger partial charge in [-0.25, -0.2) is 0 Å². The Kier molecular flexibility index (Phi) is 3.98. The van der Waals surface area contributed by atoms with Crippen LogP contribution >= 0.6 is 0 Å². The van der Waals surface area contributed by atoms with E-state index < -0.39 is 0 Å². The number of nitrogens with zero attached hydrogens (tertiary/aromatic N) is 1. The highest BCUT2D eigenvalue weighted by molar-refractivity contribution is 5.81. The molecule has 1 amide bonds. The number of carbonyl (C=O) groups is 1. The first-order valence-electron chi connectivity index (χ1n) is 6.29. The van der Waals surface area contributed by atoms with Crippen molar-refractivity contribution in [1.82, 2.24) is 10.3 Å². The van der Waals surface area contributed by atoms with Crippen molar-refractivity contribution in [3.63, 3.8) is 0 Å². The second-order valence-corrected chi connectivity index (χ2v) is 4.73. The first-order valence-corrected chi connectivity index (χ1v) is 6.29. The largest absolute Gasteiger partial charge is 0.355 e. The van der Waals surface area contributed by atoms with Crippen LogP contribution in [0.3, 0.4) is 0 Å². The summed E-state index contributed by atoms with van der Waals surface area (Å²) in [5.41, 5.74) is 5.20. The maximum atomic E-state index is 11.4. The van der Waals surface area contributed by atoms with Gasteiger partial charge in [-0.3, -0.25) is 14.5 Å². The number of fused-ring (bicyclic) bond motifs is 1. The van der Waals surface area contributed by atoms with Crippen LogP contribution < -0.4 is 10.6 Å².